The molecule has 2 aliphatic rings. The van der Waals surface area contributed by atoms with Gasteiger partial charge in [-0.1, -0.05) is 18.2 Å². The van der Waals surface area contributed by atoms with Crippen molar-refractivity contribution in [2.75, 3.05) is 6.61 Å². The van der Waals surface area contributed by atoms with Crippen LogP contribution in [0.2, 0.25) is 0 Å². The van der Waals surface area contributed by atoms with Gasteiger partial charge in [-0.05, 0) is 99.3 Å². The summed E-state index contributed by atoms with van der Waals surface area (Å²) < 4.78 is 70.0. The van der Waals surface area contributed by atoms with Gasteiger partial charge in [-0.15, -0.1) is 6.58 Å². The lowest BCUT2D eigenvalue weighted by atomic mass is 9.79. The molecule has 7 heteroatoms. The third-order valence-electron chi connectivity index (χ3n) is 7.80. The van der Waals surface area contributed by atoms with Crippen LogP contribution in [0.1, 0.15) is 92.7 Å². The van der Waals surface area contributed by atoms with Crippen LogP contribution >= 0.6 is 0 Å². The molecule has 2 fully saturated rings. The monoisotopic (exact) mass is 520 g/mol. The number of unbranched alkanes of at least 4 members (excludes halogenated alkanes) is 1. The van der Waals surface area contributed by atoms with E-state index in [0.717, 1.165) is 6.42 Å². The maximum Gasteiger partial charge on any atom is 0.200 e. The second-order valence-corrected chi connectivity index (χ2v) is 10.3. The van der Waals surface area contributed by atoms with Gasteiger partial charge in [0.05, 0.1) is 25.4 Å². The highest BCUT2D eigenvalue weighted by Gasteiger charge is 2.30. The number of rotatable bonds is 10. The molecule has 37 heavy (non-hydrogen) atoms. The number of aliphatic hydroxyl groups excluding tert-OH is 1. The lowest BCUT2D eigenvalue weighted by Gasteiger charge is -2.30. The van der Waals surface area contributed by atoms with Crippen molar-refractivity contribution < 1.29 is 32.1 Å². The summed E-state index contributed by atoms with van der Waals surface area (Å²) in [5, 5.41) is 9.70. The van der Waals surface area contributed by atoms with Gasteiger partial charge < -0.3 is 14.6 Å². The molecule has 2 aliphatic carbocycles. The van der Waals surface area contributed by atoms with Crippen molar-refractivity contribution in [3.63, 3.8) is 0 Å². The molecule has 3 nitrogen and oxygen atoms in total. The van der Waals surface area contributed by atoms with Crippen molar-refractivity contribution in [1.29, 1.82) is 0 Å². The average Bonchev–Trinajstić information content (AvgIpc) is 2.91. The van der Waals surface area contributed by atoms with Gasteiger partial charge in [-0.2, -0.15) is 4.39 Å². The summed E-state index contributed by atoms with van der Waals surface area (Å²) in [7, 11) is 0. The third-order valence-corrected chi connectivity index (χ3v) is 7.80. The quantitative estimate of drug-likeness (QED) is 0.197. The van der Waals surface area contributed by atoms with E-state index in [1.165, 1.54) is 12.1 Å². The molecule has 0 spiro atoms. The van der Waals surface area contributed by atoms with Crippen LogP contribution in [0.5, 0.6) is 5.75 Å². The van der Waals surface area contributed by atoms with E-state index in [1.54, 1.807) is 18.2 Å². The number of benzene rings is 2. The Hall–Kier alpha value is -2.38. The summed E-state index contributed by atoms with van der Waals surface area (Å²) in [4.78, 5) is 0. The summed E-state index contributed by atoms with van der Waals surface area (Å²) in [6.07, 6.45) is 7.71. The SMILES string of the molecule is C=CCCCOc1ccc(COC2CCC(c3ccc(C4CCC(O)CC4)c(F)c3F)CC2)c(F)c1F. The van der Waals surface area contributed by atoms with E-state index in [-0.39, 0.29) is 48.6 Å². The topological polar surface area (TPSA) is 38.7 Å². The average molecular weight is 521 g/mol. The van der Waals surface area contributed by atoms with Crippen molar-refractivity contribution in [3.8, 4) is 5.75 Å². The smallest absolute Gasteiger partial charge is 0.200 e. The van der Waals surface area contributed by atoms with Crippen LogP contribution in [0.15, 0.2) is 36.9 Å². The van der Waals surface area contributed by atoms with Gasteiger partial charge in [0.1, 0.15) is 0 Å². The molecule has 0 unspecified atom stereocenters. The van der Waals surface area contributed by atoms with Crippen LogP contribution in [0, 0.1) is 23.3 Å². The Labute approximate surface area is 216 Å². The Morgan fingerprint density at radius 2 is 1.38 bits per heavy atom. The number of halogens is 4. The first-order valence-electron chi connectivity index (χ1n) is 13.4. The molecule has 1 N–H and O–H groups in total. The Bertz CT molecular complexity index is 1060. The molecule has 0 amide bonds. The van der Waals surface area contributed by atoms with Crippen LogP contribution in [0.25, 0.3) is 0 Å². The van der Waals surface area contributed by atoms with Gasteiger partial charge in [-0.3, -0.25) is 0 Å². The number of aliphatic hydroxyl groups is 1. The first kappa shape index (κ1) is 27.6. The van der Waals surface area contributed by atoms with Crippen molar-refractivity contribution in [2.45, 2.75) is 94.9 Å². The molecule has 2 saturated carbocycles. The Morgan fingerprint density at radius 3 is 1.97 bits per heavy atom. The van der Waals surface area contributed by atoms with Crippen LogP contribution in [0.3, 0.4) is 0 Å². The van der Waals surface area contributed by atoms with Gasteiger partial charge in [0.15, 0.2) is 23.2 Å². The molecule has 0 heterocycles. The van der Waals surface area contributed by atoms with E-state index in [2.05, 4.69) is 6.58 Å². The number of hydrogen-bond donors (Lipinski definition) is 1. The highest BCUT2D eigenvalue weighted by molar-refractivity contribution is 5.32. The summed E-state index contributed by atoms with van der Waals surface area (Å²) in [6.45, 7) is 3.82. The fraction of sp³-hybridized carbons (Fsp3) is 0.533. The lowest BCUT2D eigenvalue weighted by molar-refractivity contribution is 0.0116. The van der Waals surface area contributed by atoms with Gasteiger partial charge in [-0.25, -0.2) is 13.2 Å². The zero-order chi connectivity index (χ0) is 26.4. The number of hydrogen-bond acceptors (Lipinski definition) is 3. The summed E-state index contributed by atoms with van der Waals surface area (Å²) in [5.74, 6) is -3.80. The van der Waals surface area contributed by atoms with Crippen LogP contribution in [0.4, 0.5) is 17.6 Å². The lowest BCUT2D eigenvalue weighted by Crippen LogP contribution is -2.22. The van der Waals surface area contributed by atoms with Crippen LogP contribution in [-0.4, -0.2) is 23.9 Å². The minimum absolute atomic E-state index is 0.0563. The van der Waals surface area contributed by atoms with Crippen LogP contribution in [-0.2, 0) is 11.3 Å². The molecule has 0 bridgehead atoms. The first-order valence-corrected chi connectivity index (χ1v) is 13.4. The molecule has 4 rings (SSSR count). The predicted octanol–water partition coefficient (Wildman–Crippen LogP) is 7.85. The van der Waals surface area contributed by atoms with E-state index < -0.39 is 23.3 Å². The molecular weight excluding hydrogens is 484 g/mol. The zero-order valence-electron chi connectivity index (χ0n) is 21.2. The normalized spacial score (nSPS) is 24.1. The van der Waals surface area contributed by atoms with E-state index in [4.69, 9.17) is 9.47 Å². The molecule has 0 radical (unpaired) electrons. The zero-order valence-corrected chi connectivity index (χ0v) is 21.2. The first-order chi connectivity index (χ1) is 17.9. The fourth-order valence-corrected chi connectivity index (χ4v) is 5.55. The standard InChI is InChI=1S/C30H36F4O3/c1-2-3-4-17-36-26-16-9-21(27(31)30(26)34)18-37-23-12-7-20(8-13-23)25-15-14-24(28(32)29(25)33)19-5-10-22(35)11-6-19/h2,9,14-16,19-20,22-23,35H,1,3-8,10-13,17-18H2. The summed E-state index contributed by atoms with van der Waals surface area (Å²) >= 11 is 0. The Morgan fingerprint density at radius 1 is 0.784 bits per heavy atom. The summed E-state index contributed by atoms with van der Waals surface area (Å²) in [5.41, 5.74) is 0.928. The van der Waals surface area contributed by atoms with E-state index in [9.17, 15) is 18.3 Å². The molecular formula is C30H36F4O3. The van der Waals surface area contributed by atoms with E-state index >= 15 is 4.39 Å². The van der Waals surface area contributed by atoms with Gasteiger partial charge in [0, 0.05) is 5.56 Å². The van der Waals surface area contributed by atoms with Gasteiger partial charge in [0.2, 0.25) is 5.82 Å². The second kappa shape index (κ2) is 12.9. The van der Waals surface area contributed by atoms with E-state index in [1.807, 2.05) is 0 Å². The fourth-order valence-electron chi connectivity index (χ4n) is 5.55. The maximum absolute atomic E-state index is 15.0. The van der Waals surface area contributed by atoms with Gasteiger partial charge in [0.25, 0.3) is 0 Å². The highest BCUT2D eigenvalue weighted by atomic mass is 19.2. The van der Waals surface area contributed by atoms with Crippen molar-refractivity contribution in [1.82, 2.24) is 0 Å². The molecule has 0 saturated heterocycles. The minimum atomic E-state index is -1.02. The number of ether oxygens (including phenoxy) is 2. The molecule has 2 aromatic rings. The third kappa shape index (κ3) is 6.74. The van der Waals surface area contributed by atoms with Crippen molar-refractivity contribution in [2.24, 2.45) is 0 Å². The molecule has 0 aromatic heterocycles. The van der Waals surface area contributed by atoms with Gasteiger partial charge >= 0.3 is 0 Å². The Kier molecular flexibility index (Phi) is 9.65. The minimum Gasteiger partial charge on any atom is -0.490 e. The van der Waals surface area contributed by atoms with Crippen molar-refractivity contribution in [3.05, 3.63) is 76.9 Å². The van der Waals surface area contributed by atoms with Crippen molar-refractivity contribution >= 4 is 0 Å². The number of allylic oxidation sites excluding steroid dienone is 1. The molecule has 0 atom stereocenters. The molecule has 2 aromatic carbocycles. The van der Waals surface area contributed by atoms with E-state index in [0.29, 0.717) is 68.9 Å². The molecule has 0 aliphatic heterocycles. The maximum atomic E-state index is 15.0. The highest BCUT2D eigenvalue weighted by Crippen LogP contribution is 2.40. The molecule has 202 valence electrons. The Balaban J connectivity index is 1.29. The second-order valence-electron chi connectivity index (χ2n) is 10.3. The largest absolute Gasteiger partial charge is 0.490 e. The predicted molar refractivity (Wildman–Crippen MR) is 135 cm³/mol. The van der Waals surface area contributed by atoms with Crippen LogP contribution < -0.4 is 4.74 Å². The summed E-state index contributed by atoms with van der Waals surface area (Å²) in [6, 6.07) is 6.31.